The molecule has 0 unspecified atom stereocenters. The molecule has 2 atom stereocenters. The second kappa shape index (κ2) is 8.05. The van der Waals surface area contributed by atoms with E-state index < -0.39 is 5.60 Å². The van der Waals surface area contributed by atoms with Crippen molar-refractivity contribution in [2.24, 2.45) is 18.9 Å². The molecule has 2 bridgehead atoms. The zero-order valence-electron chi connectivity index (χ0n) is 18.9. The molecule has 2 aromatic heterocycles. The summed E-state index contributed by atoms with van der Waals surface area (Å²) in [5, 5.41) is 4.47. The number of hydrogen-bond acceptors (Lipinski definition) is 6. The van der Waals surface area contributed by atoms with Gasteiger partial charge in [0.2, 0.25) is 0 Å². The van der Waals surface area contributed by atoms with Crippen molar-refractivity contribution in [3.05, 3.63) is 30.4 Å². The van der Waals surface area contributed by atoms with E-state index in [4.69, 9.17) is 4.74 Å². The predicted octanol–water partition coefficient (Wildman–Crippen LogP) is 3.24. The van der Waals surface area contributed by atoms with Crippen LogP contribution in [0.25, 0.3) is 11.4 Å². The highest BCUT2D eigenvalue weighted by molar-refractivity contribution is 5.98. The van der Waals surface area contributed by atoms with Crippen LogP contribution < -0.4 is 0 Å². The third-order valence-electron chi connectivity index (χ3n) is 6.39. The summed E-state index contributed by atoms with van der Waals surface area (Å²) >= 11 is 0. The van der Waals surface area contributed by atoms with Crippen molar-refractivity contribution in [2.75, 3.05) is 0 Å². The van der Waals surface area contributed by atoms with Crippen molar-refractivity contribution >= 4 is 11.9 Å². The minimum absolute atomic E-state index is 0.0101. The first-order valence-corrected chi connectivity index (χ1v) is 11.0. The van der Waals surface area contributed by atoms with Crippen molar-refractivity contribution in [1.29, 1.82) is 0 Å². The van der Waals surface area contributed by atoms with Crippen LogP contribution in [0.3, 0.4) is 0 Å². The highest BCUT2D eigenvalue weighted by Crippen LogP contribution is 2.48. The molecular weight excluding hydrogens is 394 g/mol. The second-order valence-corrected chi connectivity index (χ2v) is 9.79. The van der Waals surface area contributed by atoms with Crippen LogP contribution in [0.5, 0.6) is 0 Å². The zero-order valence-corrected chi connectivity index (χ0v) is 18.9. The van der Waals surface area contributed by atoms with Gasteiger partial charge in [-0.25, -0.2) is 9.97 Å². The average molecular weight is 426 g/mol. The largest absolute Gasteiger partial charge is 0.460 e. The number of nitrogens with zero attached hydrogens (tertiary/aromatic N) is 5. The number of hydrogen-bond donors (Lipinski definition) is 0. The van der Waals surface area contributed by atoms with Gasteiger partial charge in [0.25, 0.3) is 5.91 Å². The molecule has 2 saturated heterocycles. The topological polar surface area (TPSA) is 90.2 Å². The number of aryl methyl sites for hydroxylation is 1. The number of rotatable bonds is 5. The van der Waals surface area contributed by atoms with Gasteiger partial charge in [-0.05, 0) is 57.9 Å². The van der Waals surface area contributed by atoms with E-state index in [0.29, 0.717) is 41.8 Å². The van der Waals surface area contributed by atoms with Gasteiger partial charge < -0.3 is 9.64 Å². The minimum Gasteiger partial charge on any atom is -0.460 e. The number of fused-ring (bicyclic) bond motifs is 2. The molecule has 1 aliphatic carbocycles. The molecule has 0 radical (unpaired) electrons. The van der Waals surface area contributed by atoms with E-state index >= 15 is 0 Å². The lowest BCUT2D eigenvalue weighted by Gasteiger charge is -2.57. The van der Waals surface area contributed by atoms with Crippen LogP contribution in [-0.4, -0.2) is 54.2 Å². The third kappa shape index (κ3) is 4.34. The summed E-state index contributed by atoms with van der Waals surface area (Å²) in [5.41, 5.74) is 0.493. The van der Waals surface area contributed by atoms with Crippen molar-refractivity contribution < 1.29 is 14.3 Å². The summed E-state index contributed by atoms with van der Waals surface area (Å²) in [4.78, 5) is 36.7. The number of esters is 1. The first-order valence-electron chi connectivity index (χ1n) is 11.0. The molecule has 0 N–H and O–H groups in total. The summed E-state index contributed by atoms with van der Waals surface area (Å²) in [5.74, 6) is 1.10. The second-order valence-electron chi connectivity index (χ2n) is 9.79. The number of amides is 1. The van der Waals surface area contributed by atoms with Crippen molar-refractivity contribution in [3.8, 4) is 11.4 Å². The maximum Gasteiger partial charge on any atom is 0.306 e. The van der Waals surface area contributed by atoms with E-state index in [1.807, 2.05) is 25.7 Å². The van der Waals surface area contributed by atoms with Crippen LogP contribution in [0.1, 0.15) is 63.9 Å². The Labute approximate surface area is 183 Å². The van der Waals surface area contributed by atoms with Crippen molar-refractivity contribution in [1.82, 2.24) is 24.6 Å². The van der Waals surface area contributed by atoms with Gasteiger partial charge in [0.1, 0.15) is 5.60 Å². The van der Waals surface area contributed by atoms with E-state index in [0.717, 1.165) is 12.8 Å². The standard InChI is InChI=1S/C23H31N5O3/c1-14-15-11-16(12-15)28(18(14)7-8-19(29)31-23(2,3)4)22(30)20-17(13-27(5)26-20)21-24-9-6-10-25-21/h6,9-10,13-16,18H,7-8,11-12H2,1-5H3/t14-,15?,16?,18-/m1/s1. The Balaban J connectivity index is 1.58. The van der Waals surface area contributed by atoms with E-state index in [1.165, 1.54) is 0 Å². The summed E-state index contributed by atoms with van der Waals surface area (Å²) in [7, 11) is 1.79. The van der Waals surface area contributed by atoms with Crippen LogP contribution in [-0.2, 0) is 16.6 Å². The summed E-state index contributed by atoms with van der Waals surface area (Å²) in [6.45, 7) is 7.80. The zero-order chi connectivity index (χ0) is 22.3. The molecule has 4 heterocycles. The number of piperidine rings is 2. The quantitative estimate of drug-likeness (QED) is 0.683. The van der Waals surface area contributed by atoms with Crippen LogP contribution in [0.4, 0.5) is 0 Å². The fraction of sp³-hybridized carbons (Fsp3) is 0.609. The molecular formula is C23H31N5O3. The van der Waals surface area contributed by atoms with Crippen LogP contribution in [0, 0.1) is 11.8 Å². The third-order valence-corrected chi connectivity index (χ3v) is 6.39. The average Bonchev–Trinajstić information content (AvgIpc) is 3.06. The summed E-state index contributed by atoms with van der Waals surface area (Å²) in [6, 6.07) is 1.93. The number of ether oxygens (including phenoxy) is 1. The van der Waals surface area contributed by atoms with E-state index in [1.54, 1.807) is 36.4 Å². The van der Waals surface area contributed by atoms with Crippen molar-refractivity contribution in [2.45, 2.75) is 71.1 Å². The fourth-order valence-corrected chi connectivity index (χ4v) is 4.87. The molecule has 3 fully saturated rings. The Kier molecular flexibility index (Phi) is 5.58. The minimum atomic E-state index is -0.508. The Morgan fingerprint density at radius 1 is 1.19 bits per heavy atom. The maximum absolute atomic E-state index is 13.8. The molecule has 5 rings (SSSR count). The van der Waals surface area contributed by atoms with Gasteiger partial charge >= 0.3 is 5.97 Å². The number of carbonyl (C=O) groups excluding carboxylic acids is 2. The summed E-state index contributed by atoms with van der Waals surface area (Å²) in [6.07, 6.45) is 8.03. The number of carbonyl (C=O) groups is 2. The first-order chi connectivity index (χ1) is 14.6. The monoisotopic (exact) mass is 425 g/mol. The van der Waals surface area contributed by atoms with E-state index in [9.17, 15) is 9.59 Å². The molecule has 0 spiro atoms. The highest BCUT2D eigenvalue weighted by atomic mass is 16.6. The fourth-order valence-electron chi connectivity index (χ4n) is 4.87. The van der Waals surface area contributed by atoms with Gasteiger partial charge in [0.15, 0.2) is 11.5 Å². The molecule has 3 aliphatic rings. The maximum atomic E-state index is 13.8. The SMILES string of the molecule is C[C@@H]1C2CC(C2)N(C(=O)c2nn(C)cc2-c2ncccn2)[C@@H]1CCC(=O)OC(C)(C)C. The van der Waals surface area contributed by atoms with Gasteiger partial charge in [0.05, 0.1) is 5.56 Å². The Hall–Kier alpha value is -2.77. The highest BCUT2D eigenvalue weighted by Gasteiger charge is 2.51. The molecule has 166 valence electrons. The van der Waals surface area contributed by atoms with Gasteiger partial charge in [0, 0.05) is 44.1 Å². The Morgan fingerprint density at radius 2 is 1.87 bits per heavy atom. The lowest BCUT2D eigenvalue weighted by Crippen LogP contribution is -2.63. The molecule has 0 aromatic carbocycles. The molecule has 2 aliphatic heterocycles. The van der Waals surface area contributed by atoms with E-state index in [-0.39, 0.29) is 24.0 Å². The Bertz CT molecular complexity index is 959. The molecule has 31 heavy (non-hydrogen) atoms. The Morgan fingerprint density at radius 3 is 2.52 bits per heavy atom. The van der Waals surface area contributed by atoms with E-state index in [2.05, 4.69) is 22.0 Å². The lowest BCUT2D eigenvalue weighted by molar-refractivity contribution is -0.156. The molecule has 2 aromatic rings. The first kappa shape index (κ1) is 21.5. The molecule has 1 saturated carbocycles. The van der Waals surface area contributed by atoms with Gasteiger partial charge in [-0.3, -0.25) is 14.3 Å². The lowest BCUT2D eigenvalue weighted by atomic mass is 9.64. The van der Waals surface area contributed by atoms with Gasteiger partial charge in [-0.1, -0.05) is 6.92 Å². The van der Waals surface area contributed by atoms with Crippen LogP contribution in [0.2, 0.25) is 0 Å². The normalized spacial score (nSPS) is 25.1. The molecule has 8 nitrogen and oxygen atoms in total. The molecule has 8 heteroatoms. The van der Waals surface area contributed by atoms with Gasteiger partial charge in [-0.15, -0.1) is 0 Å². The van der Waals surface area contributed by atoms with Crippen LogP contribution in [0.15, 0.2) is 24.7 Å². The molecule has 1 amide bonds. The summed E-state index contributed by atoms with van der Waals surface area (Å²) < 4.78 is 7.12. The van der Waals surface area contributed by atoms with Crippen LogP contribution >= 0.6 is 0 Å². The number of aromatic nitrogens is 4. The van der Waals surface area contributed by atoms with Crippen molar-refractivity contribution in [3.63, 3.8) is 0 Å². The predicted molar refractivity (Wildman–Crippen MR) is 115 cm³/mol. The van der Waals surface area contributed by atoms with Gasteiger partial charge in [-0.2, -0.15) is 5.10 Å². The smallest absolute Gasteiger partial charge is 0.306 e.